The van der Waals surface area contributed by atoms with Crippen molar-refractivity contribution in [2.75, 3.05) is 18.9 Å². The van der Waals surface area contributed by atoms with E-state index in [-0.39, 0.29) is 42.8 Å². The van der Waals surface area contributed by atoms with Gasteiger partial charge < -0.3 is 26.0 Å². The normalized spacial score (nSPS) is 23.9. The van der Waals surface area contributed by atoms with Crippen LogP contribution in [0.2, 0.25) is 0 Å². The molecule has 0 radical (unpaired) electrons. The van der Waals surface area contributed by atoms with Crippen LogP contribution in [0.25, 0.3) is 0 Å². The van der Waals surface area contributed by atoms with Crippen molar-refractivity contribution in [3.8, 4) is 0 Å². The molecule has 10 nitrogen and oxygen atoms in total. The van der Waals surface area contributed by atoms with E-state index >= 15 is 0 Å². The highest BCUT2D eigenvalue weighted by atomic mass is 19.1. The molecule has 3 aliphatic rings. The number of carbonyl (C=O) groups excluding carboxylic acids is 4. The van der Waals surface area contributed by atoms with E-state index < -0.39 is 24.1 Å². The van der Waals surface area contributed by atoms with Gasteiger partial charge in [-0.25, -0.2) is 18.9 Å². The number of nitrogens with two attached hydrogens (primary N) is 1. The minimum absolute atomic E-state index is 0.0773. The predicted molar refractivity (Wildman–Crippen MR) is 140 cm³/mol. The Hall–Kier alpha value is -3.99. The Bertz CT molecular complexity index is 1290. The highest BCUT2D eigenvalue weighted by Crippen LogP contribution is 2.46. The predicted octanol–water partition coefficient (Wildman–Crippen LogP) is 3.00. The second kappa shape index (κ2) is 10.6. The van der Waals surface area contributed by atoms with Crippen LogP contribution in [0, 0.1) is 5.82 Å². The Morgan fingerprint density at radius 1 is 1.13 bits per heavy atom. The first-order valence-corrected chi connectivity index (χ1v) is 13.2. The third kappa shape index (κ3) is 5.18. The molecule has 1 saturated heterocycles. The van der Waals surface area contributed by atoms with Gasteiger partial charge in [-0.3, -0.25) is 9.59 Å². The summed E-state index contributed by atoms with van der Waals surface area (Å²) in [6.45, 7) is -0.222. The van der Waals surface area contributed by atoms with Crippen LogP contribution < -0.4 is 16.4 Å². The number of ether oxygens (including phenoxy) is 1. The molecule has 0 unspecified atom stereocenters. The van der Waals surface area contributed by atoms with Gasteiger partial charge in [0.1, 0.15) is 12.4 Å². The van der Waals surface area contributed by atoms with Gasteiger partial charge in [-0.1, -0.05) is 18.2 Å². The molecule has 0 aromatic heterocycles. The molecule has 5 amide bonds. The van der Waals surface area contributed by atoms with Gasteiger partial charge in [-0.2, -0.15) is 0 Å². The second-order valence-electron chi connectivity index (χ2n) is 10.4. The van der Waals surface area contributed by atoms with Crippen LogP contribution >= 0.6 is 0 Å². The second-order valence-corrected chi connectivity index (χ2v) is 10.4. The summed E-state index contributed by atoms with van der Waals surface area (Å²) in [5, 5.41) is 5.17. The van der Waals surface area contributed by atoms with Gasteiger partial charge in [0, 0.05) is 43.3 Å². The summed E-state index contributed by atoms with van der Waals surface area (Å²) in [5.41, 5.74) is 7.23. The zero-order valence-corrected chi connectivity index (χ0v) is 21.7. The Balaban J connectivity index is 1.35. The van der Waals surface area contributed by atoms with Crippen LogP contribution in [0.3, 0.4) is 0 Å². The number of rotatable bonds is 6. The maximum atomic E-state index is 13.7. The van der Waals surface area contributed by atoms with E-state index in [1.807, 2.05) is 0 Å². The van der Waals surface area contributed by atoms with Gasteiger partial charge in [0.15, 0.2) is 0 Å². The van der Waals surface area contributed by atoms with Crippen molar-refractivity contribution in [2.45, 2.75) is 62.8 Å². The van der Waals surface area contributed by atoms with Crippen molar-refractivity contribution in [3.05, 3.63) is 65.0 Å². The number of halogens is 1. The van der Waals surface area contributed by atoms with Gasteiger partial charge >= 0.3 is 12.1 Å². The number of hydrogen-bond donors (Lipinski definition) is 3. The molecule has 5 rings (SSSR count). The van der Waals surface area contributed by atoms with Crippen molar-refractivity contribution in [3.63, 3.8) is 0 Å². The third-order valence-electron chi connectivity index (χ3n) is 7.91. The summed E-state index contributed by atoms with van der Waals surface area (Å²) in [6.07, 6.45) is 2.80. The summed E-state index contributed by atoms with van der Waals surface area (Å²) in [6, 6.07) is 10.6. The van der Waals surface area contributed by atoms with Crippen LogP contribution in [-0.2, 0) is 32.9 Å². The quantitative estimate of drug-likeness (QED) is 0.519. The molecule has 4 N–H and O–H groups in total. The molecular formula is C28H32FN5O5. The number of carbonyl (C=O) groups is 4. The molecule has 11 heteroatoms. The molecule has 1 heterocycles. The summed E-state index contributed by atoms with van der Waals surface area (Å²) in [4.78, 5) is 54.5. The van der Waals surface area contributed by atoms with Crippen molar-refractivity contribution < 1.29 is 28.3 Å². The highest BCUT2D eigenvalue weighted by molar-refractivity contribution is 6.06. The standard InChI is InChI=1S/C28H32FN5O5/c1-31-26(37)32-21-8-11-23-18(14-21)12-13-28(23)25(36)34(27(38)39-28)16-24(35)33(22-9-6-20(30)7-10-22)15-17-2-4-19(29)5-3-17/h2-5,8,11,14,20,22H,6-7,9-10,12-13,15-16,30H2,1H3,(H2,31,32,37)/t20?,22?,28-/m1/s1. The van der Waals surface area contributed by atoms with Gasteiger partial charge in [-0.15, -0.1) is 0 Å². The van der Waals surface area contributed by atoms with E-state index in [0.29, 0.717) is 30.5 Å². The number of anilines is 1. The number of benzene rings is 2. The summed E-state index contributed by atoms with van der Waals surface area (Å²) < 4.78 is 19.2. The molecular weight excluding hydrogens is 505 g/mol. The number of aryl methyl sites for hydroxylation is 1. The Morgan fingerprint density at radius 3 is 2.54 bits per heavy atom. The van der Waals surface area contributed by atoms with Crippen LogP contribution in [-0.4, -0.2) is 59.4 Å². The molecule has 1 aliphatic heterocycles. The molecule has 1 spiro atoms. The number of imide groups is 1. The van der Waals surface area contributed by atoms with E-state index in [1.165, 1.54) is 19.2 Å². The Labute approximate surface area is 225 Å². The number of urea groups is 1. The molecule has 0 bridgehead atoms. The lowest BCUT2D eigenvalue weighted by atomic mass is 9.90. The zero-order chi connectivity index (χ0) is 27.7. The summed E-state index contributed by atoms with van der Waals surface area (Å²) >= 11 is 0. The van der Waals surface area contributed by atoms with E-state index in [1.54, 1.807) is 35.2 Å². The molecule has 1 saturated carbocycles. The van der Waals surface area contributed by atoms with Gasteiger partial charge in [0.05, 0.1) is 0 Å². The van der Waals surface area contributed by atoms with Crippen LogP contribution in [0.5, 0.6) is 0 Å². The van der Waals surface area contributed by atoms with Gasteiger partial charge in [-0.05, 0) is 67.5 Å². The molecule has 39 heavy (non-hydrogen) atoms. The average Bonchev–Trinajstić information content (AvgIpc) is 3.40. The van der Waals surface area contributed by atoms with Crippen molar-refractivity contribution >= 4 is 29.6 Å². The van der Waals surface area contributed by atoms with Crippen molar-refractivity contribution in [2.24, 2.45) is 5.73 Å². The van der Waals surface area contributed by atoms with Crippen LogP contribution in [0.15, 0.2) is 42.5 Å². The number of amides is 5. The average molecular weight is 538 g/mol. The summed E-state index contributed by atoms with van der Waals surface area (Å²) in [7, 11) is 1.51. The fraction of sp³-hybridized carbons (Fsp3) is 0.429. The minimum atomic E-state index is -1.49. The monoisotopic (exact) mass is 537 g/mol. The zero-order valence-electron chi connectivity index (χ0n) is 21.7. The fourth-order valence-corrected chi connectivity index (χ4v) is 5.77. The number of hydrogen-bond acceptors (Lipinski definition) is 6. The van der Waals surface area contributed by atoms with Gasteiger partial charge in [0.25, 0.3) is 5.91 Å². The molecule has 2 aromatic rings. The van der Waals surface area contributed by atoms with E-state index in [4.69, 9.17) is 10.5 Å². The first-order valence-electron chi connectivity index (χ1n) is 13.2. The highest BCUT2D eigenvalue weighted by Gasteiger charge is 2.58. The smallest absolute Gasteiger partial charge is 0.418 e. The lowest BCUT2D eigenvalue weighted by Gasteiger charge is -2.36. The van der Waals surface area contributed by atoms with E-state index in [0.717, 1.165) is 28.9 Å². The number of nitrogens with zero attached hydrogens (tertiary/aromatic N) is 2. The fourth-order valence-electron chi connectivity index (χ4n) is 5.77. The molecule has 206 valence electrons. The first kappa shape index (κ1) is 26.6. The van der Waals surface area contributed by atoms with E-state index in [2.05, 4.69) is 10.6 Å². The summed E-state index contributed by atoms with van der Waals surface area (Å²) in [5.74, 6) is -1.33. The van der Waals surface area contributed by atoms with Gasteiger partial charge in [0.2, 0.25) is 11.5 Å². The topological polar surface area (TPSA) is 134 Å². The first-order chi connectivity index (χ1) is 18.7. The maximum Gasteiger partial charge on any atom is 0.418 e. The molecule has 1 atom stereocenters. The van der Waals surface area contributed by atoms with Crippen LogP contribution in [0.1, 0.15) is 48.8 Å². The molecule has 2 fully saturated rings. The SMILES string of the molecule is CNC(=O)Nc1ccc2c(c1)CC[C@@]21OC(=O)N(CC(=O)N(Cc2ccc(F)cc2)C2CCC(N)CC2)C1=O. The maximum absolute atomic E-state index is 13.7. The van der Waals surface area contributed by atoms with Crippen molar-refractivity contribution in [1.82, 2.24) is 15.1 Å². The number of fused-ring (bicyclic) bond motifs is 2. The lowest BCUT2D eigenvalue weighted by molar-refractivity contribution is -0.143. The molecule has 2 aromatic carbocycles. The van der Waals surface area contributed by atoms with Crippen molar-refractivity contribution in [1.29, 1.82) is 0 Å². The Morgan fingerprint density at radius 2 is 1.85 bits per heavy atom. The number of nitrogens with one attached hydrogen (secondary N) is 2. The Kier molecular flexibility index (Phi) is 7.26. The van der Waals surface area contributed by atoms with E-state index in [9.17, 15) is 23.6 Å². The molecule has 2 aliphatic carbocycles. The largest absolute Gasteiger partial charge is 0.427 e. The minimum Gasteiger partial charge on any atom is -0.427 e. The third-order valence-corrected chi connectivity index (χ3v) is 7.91. The lowest BCUT2D eigenvalue weighted by Crippen LogP contribution is -2.49. The van der Waals surface area contributed by atoms with Crippen LogP contribution in [0.4, 0.5) is 19.7 Å².